The Kier molecular flexibility index (Phi) is 3.61. The molecule has 0 bridgehead atoms. The fourth-order valence-electron chi connectivity index (χ4n) is 1.32. The van der Waals surface area contributed by atoms with Crippen molar-refractivity contribution in [3.05, 3.63) is 29.7 Å². The fraction of sp³-hybridized carbons (Fsp3) is 0.400. The Morgan fingerprint density at radius 3 is 3.06 bits per heavy atom. The van der Waals surface area contributed by atoms with Gasteiger partial charge in [0.2, 0.25) is 5.89 Å². The van der Waals surface area contributed by atoms with Gasteiger partial charge in [0.1, 0.15) is 5.82 Å². The van der Waals surface area contributed by atoms with Gasteiger partial charge < -0.3 is 15.5 Å². The van der Waals surface area contributed by atoms with Gasteiger partial charge in [0.05, 0.1) is 12.2 Å². The summed E-state index contributed by atoms with van der Waals surface area (Å²) in [5.74, 6) is 1.27. The Hall–Kier alpha value is -2.02. The van der Waals surface area contributed by atoms with Gasteiger partial charge in [0.25, 0.3) is 0 Å². The number of aromatic nitrogens is 4. The number of hydrogen-bond donors (Lipinski definition) is 2. The summed E-state index contributed by atoms with van der Waals surface area (Å²) in [6, 6.07) is 2.21. The van der Waals surface area contributed by atoms with E-state index in [2.05, 4.69) is 25.5 Å². The number of nitrogens with one attached hydrogen (secondary N) is 1. The average Bonchev–Trinajstić information content (AvgIpc) is 2.75. The molecule has 0 aliphatic carbocycles. The first-order chi connectivity index (χ1) is 8.28. The minimum absolute atomic E-state index is 0.379. The SMILES string of the molecule is Cc1nccc(CNc2nnc(CCN)o2)n1. The molecule has 2 aromatic heterocycles. The summed E-state index contributed by atoms with van der Waals surface area (Å²) in [5, 5.41) is 10.7. The molecular formula is C10H14N6O. The highest BCUT2D eigenvalue weighted by Crippen LogP contribution is 2.07. The number of aryl methyl sites for hydroxylation is 1. The van der Waals surface area contributed by atoms with E-state index in [1.807, 2.05) is 13.0 Å². The van der Waals surface area contributed by atoms with Crippen LogP contribution in [0.1, 0.15) is 17.4 Å². The lowest BCUT2D eigenvalue weighted by Crippen LogP contribution is -2.03. The summed E-state index contributed by atoms with van der Waals surface area (Å²) in [4.78, 5) is 8.27. The molecule has 0 fully saturated rings. The predicted molar refractivity (Wildman–Crippen MR) is 61.2 cm³/mol. The van der Waals surface area contributed by atoms with Crippen LogP contribution in [0.5, 0.6) is 0 Å². The zero-order valence-electron chi connectivity index (χ0n) is 9.55. The first-order valence-corrected chi connectivity index (χ1v) is 5.33. The Morgan fingerprint density at radius 2 is 2.29 bits per heavy atom. The van der Waals surface area contributed by atoms with Gasteiger partial charge in [-0.05, 0) is 13.0 Å². The van der Waals surface area contributed by atoms with Gasteiger partial charge >= 0.3 is 6.01 Å². The molecule has 7 nitrogen and oxygen atoms in total. The number of anilines is 1. The molecule has 0 saturated heterocycles. The molecule has 0 atom stereocenters. The molecule has 0 spiro atoms. The van der Waals surface area contributed by atoms with Crippen LogP contribution < -0.4 is 11.1 Å². The molecule has 90 valence electrons. The highest BCUT2D eigenvalue weighted by atomic mass is 16.4. The molecule has 0 amide bonds. The molecule has 0 unspecified atom stereocenters. The Balaban J connectivity index is 1.93. The number of hydrogen-bond acceptors (Lipinski definition) is 7. The molecule has 2 heterocycles. The lowest BCUT2D eigenvalue weighted by atomic mass is 10.4. The zero-order valence-corrected chi connectivity index (χ0v) is 9.55. The van der Waals surface area contributed by atoms with Crippen LogP contribution in [0.4, 0.5) is 6.01 Å². The molecule has 3 N–H and O–H groups in total. The summed E-state index contributed by atoms with van der Waals surface area (Å²) in [6.07, 6.45) is 2.30. The second kappa shape index (κ2) is 5.35. The van der Waals surface area contributed by atoms with E-state index in [1.54, 1.807) is 6.20 Å². The quantitative estimate of drug-likeness (QED) is 0.765. The molecule has 0 radical (unpaired) electrons. The van der Waals surface area contributed by atoms with Crippen LogP contribution >= 0.6 is 0 Å². The third kappa shape index (κ3) is 3.22. The normalized spacial score (nSPS) is 10.5. The van der Waals surface area contributed by atoms with Crippen LogP contribution in [0.3, 0.4) is 0 Å². The lowest BCUT2D eigenvalue weighted by molar-refractivity contribution is 0.505. The van der Waals surface area contributed by atoms with Crippen LogP contribution in [0.25, 0.3) is 0 Å². The monoisotopic (exact) mass is 234 g/mol. The Morgan fingerprint density at radius 1 is 1.41 bits per heavy atom. The lowest BCUT2D eigenvalue weighted by Gasteiger charge is -2.00. The van der Waals surface area contributed by atoms with Gasteiger partial charge in [-0.1, -0.05) is 5.10 Å². The van der Waals surface area contributed by atoms with Crippen molar-refractivity contribution < 1.29 is 4.42 Å². The summed E-state index contributed by atoms with van der Waals surface area (Å²) in [6.45, 7) is 2.86. The summed E-state index contributed by atoms with van der Waals surface area (Å²) in [7, 11) is 0. The topological polar surface area (TPSA) is 103 Å². The van der Waals surface area contributed by atoms with Gasteiger partial charge in [-0.2, -0.15) is 0 Å². The molecule has 17 heavy (non-hydrogen) atoms. The van der Waals surface area contributed by atoms with Crippen LogP contribution in [0.15, 0.2) is 16.7 Å². The zero-order chi connectivity index (χ0) is 12.1. The van der Waals surface area contributed by atoms with E-state index >= 15 is 0 Å². The first kappa shape index (κ1) is 11.5. The Labute approximate surface area is 98.5 Å². The molecule has 0 saturated carbocycles. The largest absolute Gasteiger partial charge is 0.408 e. The van der Waals surface area contributed by atoms with Gasteiger partial charge in [-0.3, -0.25) is 0 Å². The highest BCUT2D eigenvalue weighted by molar-refractivity contribution is 5.19. The van der Waals surface area contributed by atoms with Crippen molar-refractivity contribution in [3.63, 3.8) is 0 Å². The van der Waals surface area contributed by atoms with Gasteiger partial charge in [0.15, 0.2) is 0 Å². The number of nitrogens with zero attached hydrogens (tertiary/aromatic N) is 4. The van der Waals surface area contributed by atoms with Crippen molar-refractivity contribution in [1.29, 1.82) is 0 Å². The number of nitrogens with two attached hydrogens (primary N) is 1. The summed E-state index contributed by atoms with van der Waals surface area (Å²) >= 11 is 0. The van der Waals surface area contributed by atoms with E-state index in [4.69, 9.17) is 10.2 Å². The standard InChI is InChI=1S/C10H14N6O/c1-7-12-5-3-8(14-7)6-13-10-16-15-9(17-10)2-4-11/h3,5H,2,4,6,11H2,1H3,(H,13,16). The van der Waals surface area contributed by atoms with Gasteiger partial charge in [-0.25, -0.2) is 9.97 Å². The van der Waals surface area contributed by atoms with Crippen molar-refractivity contribution in [1.82, 2.24) is 20.2 Å². The molecular weight excluding hydrogens is 220 g/mol. The second-order valence-electron chi connectivity index (χ2n) is 3.49. The van der Waals surface area contributed by atoms with Crippen molar-refractivity contribution in [2.45, 2.75) is 19.9 Å². The van der Waals surface area contributed by atoms with E-state index < -0.39 is 0 Å². The molecule has 0 aliphatic rings. The molecule has 2 aromatic rings. The van der Waals surface area contributed by atoms with E-state index in [0.717, 1.165) is 11.5 Å². The van der Waals surface area contributed by atoms with Crippen molar-refractivity contribution in [2.75, 3.05) is 11.9 Å². The molecule has 2 rings (SSSR count). The smallest absolute Gasteiger partial charge is 0.315 e. The van der Waals surface area contributed by atoms with E-state index in [0.29, 0.717) is 31.4 Å². The Bertz CT molecular complexity index is 483. The third-order valence-corrected chi connectivity index (χ3v) is 2.08. The van der Waals surface area contributed by atoms with E-state index in [9.17, 15) is 0 Å². The minimum Gasteiger partial charge on any atom is -0.408 e. The summed E-state index contributed by atoms with van der Waals surface area (Å²) < 4.78 is 5.32. The summed E-state index contributed by atoms with van der Waals surface area (Å²) in [5.41, 5.74) is 6.26. The van der Waals surface area contributed by atoms with Crippen LogP contribution in [-0.2, 0) is 13.0 Å². The minimum atomic E-state index is 0.379. The highest BCUT2D eigenvalue weighted by Gasteiger charge is 2.04. The van der Waals surface area contributed by atoms with Gasteiger partial charge in [0, 0.05) is 19.2 Å². The predicted octanol–water partition coefficient (Wildman–Crippen LogP) is 0.281. The van der Waals surface area contributed by atoms with Crippen molar-refractivity contribution >= 4 is 6.01 Å². The van der Waals surface area contributed by atoms with Crippen LogP contribution in [-0.4, -0.2) is 26.7 Å². The van der Waals surface area contributed by atoms with Crippen molar-refractivity contribution in [3.8, 4) is 0 Å². The molecule has 0 aliphatic heterocycles. The third-order valence-electron chi connectivity index (χ3n) is 2.08. The van der Waals surface area contributed by atoms with E-state index in [-0.39, 0.29) is 0 Å². The van der Waals surface area contributed by atoms with Crippen molar-refractivity contribution in [2.24, 2.45) is 5.73 Å². The maximum Gasteiger partial charge on any atom is 0.315 e. The molecule has 7 heteroatoms. The maximum absolute atomic E-state index is 5.39. The van der Waals surface area contributed by atoms with Crippen LogP contribution in [0, 0.1) is 6.92 Å². The second-order valence-corrected chi connectivity index (χ2v) is 3.49. The average molecular weight is 234 g/mol. The fourth-order valence-corrected chi connectivity index (χ4v) is 1.32. The first-order valence-electron chi connectivity index (χ1n) is 5.33. The van der Waals surface area contributed by atoms with Gasteiger partial charge in [-0.15, -0.1) is 5.10 Å². The maximum atomic E-state index is 5.39. The van der Waals surface area contributed by atoms with Crippen LogP contribution in [0.2, 0.25) is 0 Å². The number of rotatable bonds is 5. The molecule has 0 aromatic carbocycles. The van der Waals surface area contributed by atoms with E-state index in [1.165, 1.54) is 0 Å².